The first-order valence-corrected chi connectivity index (χ1v) is 14.4. The van der Waals surface area contributed by atoms with E-state index in [9.17, 15) is 9.59 Å². The minimum atomic E-state index is -0.514. The smallest absolute Gasteiger partial charge is 0.356 e. The van der Waals surface area contributed by atoms with Gasteiger partial charge in [0.25, 0.3) is 0 Å². The molecule has 2 amide bonds. The van der Waals surface area contributed by atoms with E-state index in [1.807, 2.05) is 41.3 Å². The lowest BCUT2D eigenvalue weighted by Gasteiger charge is -2.40. The Morgan fingerprint density at radius 1 is 0.977 bits per heavy atom. The van der Waals surface area contributed by atoms with Gasteiger partial charge in [0.05, 0.1) is 37.7 Å². The Hall–Kier alpha value is -4.93. The number of carbonyl (C=O) groups excluding carboxylic acids is 2. The van der Waals surface area contributed by atoms with Crippen LogP contribution in [0.2, 0.25) is 0 Å². The number of rotatable bonds is 8. The van der Waals surface area contributed by atoms with Crippen LogP contribution in [0, 0.1) is 5.92 Å². The molecule has 222 valence electrons. The van der Waals surface area contributed by atoms with E-state index >= 15 is 0 Å². The summed E-state index contributed by atoms with van der Waals surface area (Å²) in [7, 11) is 3.23. The average Bonchev–Trinajstić information content (AvgIpc) is 3.04. The summed E-state index contributed by atoms with van der Waals surface area (Å²) in [6, 6.07) is 14.9. The third-order valence-corrected chi connectivity index (χ3v) is 8.05. The highest BCUT2D eigenvalue weighted by Crippen LogP contribution is 2.38. The van der Waals surface area contributed by atoms with Crippen molar-refractivity contribution < 1.29 is 23.8 Å². The molecule has 1 fully saturated rings. The third-order valence-electron chi connectivity index (χ3n) is 8.05. The standard InChI is InChI=1S/C32H34N6O5/c1-4-43-31(39)26-15-23(9-12-33-26)38-27-8-6-5-7-22(27)19-37(32(38)40)18-21-10-13-36(14-11-21)30-24-16-28(41-2)29(42-3)17-25(24)34-20-35-30/h5-9,12,15-17,20-21H,4,10-11,13-14,18-19H2,1-3H3. The maximum absolute atomic E-state index is 14.0. The molecule has 4 aromatic rings. The summed E-state index contributed by atoms with van der Waals surface area (Å²) in [4.78, 5) is 45.4. The first kappa shape index (κ1) is 28.2. The SMILES string of the molecule is CCOC(=O)c1cc(N2C(=O)N(CC3CCN(c4ncnc5cc(OC)c(OC)cc45)CC3)Cc3ccccc32)ccn1. The number of amides is 2. The van der Waals surface area contributed by atoms with Gasteiger partial charge in [-0.15, -0.1) is 0 Å². The van der Waals surface area contributed by atoms with Gasteiger partial charge >= 0.3 is 12.0 Å². The number of para-hydroxylation sites is 1. The number of fused-ring (bicyclic) bond motifs is 2. The van der Waals surface area contributed by atoms with Gasteiger partial charge in [-0.3, -0.25) is 4.90 Å². The van der Waals surface area contributed by atoms with Crippen LogP contribution in [0.4, 0.5) is 22.0 Å². The number of urea groups is 1. The fraction of sp³-hybridized carbons (Fsp3) is 0.344. The Labute approximate surface area is 250 Å². The van der Waals surface area contributed by atoms with E-state index in [4.69, 9.17) is 14.2 Å². The molecule has 11 heteroatoms. The molecule has 4 heterocycles. The van der Waals surface area contributed by atoms with Crippen molar-refractivity contribution in [3.8, 4) is 11.5 Å². The molecule has 0 unspecified atom stereocenters. The normalized spacial score (nSPS) is 15.4. The summed E-state index contributed by atoms with van der Waals surface area (Å²) >= 11 is 0. The van der Waals surface area contributed by atoms with Gasteiger partial charge in [0, 0.05) is 43.8 Å². The molecule has 1 saturated heterocycles. The topological polar surface area (TPSA) is 110 Å². The van der Waals surface area contributed by atoms with Gasteiger partial charge in [0.15, 0.2) is 11.5 Å². The molecule has 2 aliphatic heterocycles. The van der Waals surface area contributed by atoms with Crippen LogP contribution < -0.4 is 19.3 Å². The number of esters is 1. The second-order valence-electron chi connectivity index (χ2n) is 10.6. The van der Waals surface area contributed by atoms with Crippen molar-refractivity contribution in [2.75, 3.05) is 50.3 Å². The molecule has 2 aliphatic rings. The van der Waals surface area contributed by atoms with Crippen LogP contribution in [0.5, 0.6) is 11.5 Å². The molecule has 0 N–H and O–H groups in total. The monoisotopic (exact) mass is 582 g/mol. The number of pyridine rings is 1. The summed E-state index contributed by atoms with van der Waals surface area (Å²) in [5.41, 5.74) is 3.40. The molecule has 6 rings (SSSR count). The molecular formula is C32H34N6O5. The fourth-order valence-electron chi connectivity index (χ4n) is 5.91. The van der Waals surface area contributed by atoms with E-state index in [1.165, 1.54) is 6.20 Å². The molecule has 43 heavy (non-hydrogen) atoms. The summed E-state index contributed by atoms with van der Waals surface area (Å²) < 4.78 is 16.1. The third kappa shape index (κ3) is 5.50. The van der Waals surface area contributed by atoms with Crippen LogP contribution in [0.1, 0.15) is 35.8 Å². The first-order chi connectivity index (χ1) is 21.0. The van der Waals surface area contributed by atoms with Crippen LogP contribution in [0.25, 0.3) is 10.9 Å². The predicted molar refractivity (Wildman–Crippen MR) is 162 cm³/mol. The minimum absolute atomic E-state index is 0.120. The van der Waals surface area contributed by atoms with E-state index in [1.54, 1.807) is 44.5 Å². The molecular weight excluding hydrogens is 548 g/mol. The lowest BCUT2D eigenvalue weighted by atomic mass is 9.95. The molecule has 0 spiro atoms. The molecule has 2 aromatic heterocycles. The highest BCUT2D eigenvalue weighted by Gasteiger charge is 2.34. The van der Waals surface area contributed by atoms with Crippen LogP contribution in [-0.4, -0.2) is 72.3 Å². The summed E-state index contributed by atoms with van der Waals surface area (Å²) in [6.45, 7) is 4.77. The van der Waals surface area contributed by atoms with Crippen molar-refractivity contribution in [3.63, 3.8) is 0 Å². The molecule has 2 aromatic carbocycles. The van der Waals surface area contributed by atoms with Gasteiger partial charge in [-0.05, 0) is 55.5 Å². The van der Waals surface area contributed by atoms with Gasteiger partial charge < -0.3 is 24.0 Å². The minimum Gasteiger partial charge on any atom is -0.493 e. The Morgan fingerprint density at radius 3 is 2.51 bits per heavy atom. The number of carbonyl (C=O) groups is 2. The van der Waals surface area contributed by atoms with Crippen molar-refractivity contribution in [1.29, 1.82) is 0 Å². The molecule has 0 atom stereocenters. The van der Waals surface area contributed by atoms with Gasteiger partial charge in [-0.2, -0.15) is 0 Å². The van der Waals surface area contributed by atoms with Crippen molar-refractivity contribution >= 4 is 40.1 Å². The zero-order valence-electron chi connectivity index (χ0n) is 24.5. The average molecular weight is 583 g/mol. The fourth-order valence-corrected chi connectivity index (χ4v) is 5.91. The molecule has 0 bridgehead atoms. The molecule has 0 radical (unpaired) electrons. The quantitative estimate of drug-likeness (QED) is 0.259. The lowest BCUT2D eigenvalue weighted by molar-refractivity contribution is 0.0519. The highest BCUT2D eigenvalue weighted by molar-refractivity contribution is 6.02. The molecule has 0 aliphatic carbocycles. The van der Waals surface area contributed by atoms with Crippen molar-refractivity contribution in [2.24, 2.45) is 5.92 Å². The number of hydrogen-bond acceptors (Lipinski definition) is 9. The van der Waals surface area contributed by atoms with Gasteiger partial charge in [-0.1, -0.05) is 18.2 Å². The Bertz CT molecular complexity index is 1650. The molecule has 0 saturated carbocycles. The predicted octanol–water partition coefficient (Wildman–Crippen LogP) is 5.21. The van der Waals surface area contributed by atoms with Crippen molar-refractivity contribution in [3.05, 3.63) is 72.3 Å². The zero-order valence-corrected chi connectivity index (χ0v) is 24.5. The second kappa shape index (κ2) is 12.1. The van der Waals surface area contributed by atoms with Crippen LogP contribution >= 0.6 is 0 Å². The number of piperidine rings is 1. The maximum Gasteiger partial charge on any atom is 0.356 e. The largest absolute Gasteiger partial charge is 0.493 e. The van der Waals surface area contributed by atoms with E-state index in [-0.39, 0.29) is 18.3 Å². The highest BCUT2D eigenvalue weighted by atomic mass is 16.5. The summed E-state index contributed by atoms with van der Waals surface area (Å²) in [6.07, 6.45) is 4.94. The Morgan fingerprint density at radius 2 is 1.74 bits per heavy atom. The number of anilines is 3. The number of aromatic nitrogens is 3. The summed E-state index contributed by atoms with van der Waals surface area (Å²) in [5.74, 6) is 1.94. The van der Waals surface area contributed by atoms with Crippen molar-refractivity contribution in [1.82, 2.24) is 19.9 Å². The first-order valence-electron chi connectivity index (χ1n) is 14.4. The van der Waals surface area contributed by atoms with Crippen LogP contribution in [0.15, 0.2) is 61.1 Å². The number of methoxy groups -OCH3 is 2. The van der Waals surface area contributed by atoms with Gasteiger partial charge in [0.2, 0.25) is 0 Å². The number of nitrogens with zero attached hydrogens (tertiary/aromatic N) is 6. The molecule has 11 nitrogen and oxygen atoms in total. The van der Waals surface area contributed by atoms with E-state index in [2.05, 4.69) is 19.9 Å². The number of benzene rings is 2. The maximum atomic E-state index is 14.0. The van der Waals surface area contributed by atoms with Gasteiger partial charge in [0.1, 0.15) is 17.8 Å². The summed E-state index contributed by atoms with van der Waals surface area (Å²) in [5, 5.41) is 0.914. The van der Waals surface area contributed by atoms with E-state index in [0.29, 0.717) is 36.2 Å². The van der Waals surface area contributed by atoms with E-state index < -0.39 is 5.97 Å². The van der Waals surface area contributed by atoms with Crippen molar-refractivity contribution in [2.45, 2.75) is 26.3 Å². The Kier molecular flexibility index (Phi) is 7.95. The number of ether oxygens (including phenoxy) is 3. The van der Waals surface area contributed by atoms with Gasteiger partial charge in [-0.25, -0.2) is 24.5 Å². The lowest BCUT2D eigenvalue weighted by Crippen LogP contribution is -2.48. The van der Waals surface area contributed by atoms with Crippen LogP contribution in [0.3, 0.4) is 0 Å². The zero-order chi connectivity index (χ0) is 29.9. The van der Waals surface area contributed by atoms with E-state index in [0.717, 1.165) is 53.9 Å². The number of hydrogen-bond donors (Lipinski definition) is 0. The Balaban J connectivity index is 1.19. The second-order valence-corrected chi connectivity index (χ2v) is 10.6. The van der Waals surface area contributed by atoms with Crippen LogP contribution in [-0.2, 0) is 11.3 Å².